The zero-order valence-electron chi connectivity index (χ0n) is 16.9. The van der Waals surface area contributed by atoms with E-state index in [0.29, 0.717) is 13.0 Å². The second-order valence-corrected chi connectivity index (χ2v) is 7.60. The highest BCUT2D eigenvalue weighted by Gasteiger charge is 2.45. The Kier molecular flexibility index (Phi) is 5.04. The number of rotatable bonds is 2. The maximum Gasteiger partial charge on any atom is 0.416 e. The molecule has 3 rings (SSSR count). The van der Waals surface area contributed by atoms with E-state index in [9.17, 15) is 22.8 Å². The van der Waals surface area contributed by atoms with Gasteiger partial charge in [-0.3, -0.25) is 9.69 Å². The van der Waals surface area contributed by atoms with Gasteiger partial charge in [0.15, 0.2) is 0 Å². The normalized spacial score (nSPS) is 18.5. The smallest absolute Gasteiger partial charge is 0.416 e. The van der Waals surface area contributed by atoms with Crippen molar-refractivity contribution in [3.63, 3.8) is 0 Å². The number of benzene rings is 1. The topological polar surface area (TPSA) is 59.1 Å². The van der Waals surface area contributed by atoms with E-state index in [1.807, 2.05) is 0 Å². The van der Waals surface area contributed by atoms with Crippen LogP contribution in [0.1, 0.15) is 43.4 Å². The van der Waals surface area contributed by atoms with E-state index in [0.717, 1.165) is 6.07 Å². The summed E-state index contributed by atoms with van der Waals surface area (Å²) in [5.74, 6) is 0.0217. The summed E-state index contributed by atoms with van der Waals surface area (Å²) in [5.41, 5.74) is -1.27. The molecule has 0 aromatic heterocycles. The summed E-state index contributed by atoms with van der Waals surface area (Å²) in [4.78, 5) is 27.5. The van der Waals surface area contributed by atoms with Crippen LogP contribution in [0.15, 0.2) is 17.8 Å². The van der Waals surface area contributed by atoms with Gasteiger partial charge in [-0.05, 0) is 44.9 Å². The van der Waals surface area contributed by atoms with Crippen LogP contribution in [-0.2, 0) is 15.7 Å². The van der Waals surface area contributed by atoms with Crippen molar-refractivity contribution >= 4 is 17.7 Å². The second-order valence-electron chi connectivity index (χ2n) is 7.60. The van der Waals surface area contributed by atoms with Gasteiger partial charge in [-0.2, -0.15) is 13.2 Å². The van der Waals surface area contributed by atoms with Crippen molar-refractivity contribution in [1.82, 2.24) is 9.80 Å². The van der Waals surface area contributed by atoms with Crippen LogP contribution in [0.5, 0.6) is 5.75 Å². The molecule has 29 heavy (non-hydrogen) atoms. The summed E-state index contributed by atoms with van der Waals surface area (Å²) in [7, 11) is 2.65. The van der Waals surface area contributed by atoms with E-state index >= 15 is 0 Å². The van der Waals surface area contributed by atoms with Crippen molar-refractivity contribution < 1.29 is 32.2 Å². The Balaban J connectivity index is 2.39. The molecule has 2 heterocycles. The van der Waals surface area contributed by atoms with E-state index in [1.54, 1.807) is 13.8 Å². The average molecular weight is 412 g/mol. The molecule has 9 heteroatoms. The van der Waals surface area contributed by atoms with Crippen LogP contribution < -0.4 is 4.74 Å². The molecule has 6 nitrogen and oxygen atoms in total. The zero-order chi connectivity index (χ0) is 21.7. The lowest BCUT2D eigenvalue weighted by atomic mass is 9.89. The lowest BCUT2D eigenvalue weighted by Gasteiger charge is -2.42. The number of hydrogen-bond acceptors (Lipinski definition) is 4. The van der Waals surface area contributed by atoms with Crippen molar-refractivity contribution in [2.24, 2.45) is 0 Å². The van der Waals surface area contributed by atoms with E-state index in [1.165, 1.54) is 36.9 Å². The van der Waals surface area contributed by atoms with Crippen LogP contribution in [0.2, 0.25) is 0 Å². The number of carbonyl (C=O) groups excluding carboxylic acids is 2. The standard InChI is InChI=1S/C20H23F3N2O4/c1-11-12(20(21,22)23)8-9-13-15(11)16(25-10-6-7-14(25)26)17(19(2,3)29-13)24(4)18(27)28-5/h8-9H,6-7,10H2,1-5H3. The van der Waals surface area contributed by atoms with Crippen LogP contribution in [0.25, 0.3) is 5.70 Å². The molecular formula is C20H23F3N2O4. The summed E-state index contributed by atoms with van der Waals surface area (Å²) in [5, 5.41) is 0. The van der Waals surface area contributed by atoms with Crippen molar-refractivity contribution in [2.75, 3.05) is 20.7 Å². The van der Waals surface area contributed by atoms with Crippen molar-refractivity contribution in [3.8, 4) is 5.75 Å². The first kappa shape index (κ1) is 21.0. The molecule has 0 radical (unpaired) electrons. The Labute approximate surface area is 166 Å². The van der Waals surface area contributed by atoms with Crippen LogP contribution >= 0.6 is 0 Å². The minimum absolute atomic E-state index is 0.0593. The van der Waals surface area contributed by atoms with Gasteiger partial charge in [-0.1, -0.05) is 0 Å². The number of likely N-dealkylation sites (tertiary alicyclic amines) is 1. The number of halogens is 3. The Morgan fingerprint density at radius 1 is 1.31 bits per heavy atom. The largest absolute Gasteiger partial charge is 0.481 e. The van der Waals surface area contributed by atoms with Gasteiger partial charge in [0.2, 0.25) is 5.91 Å². The first-order valence-electron chi connectivity index (χ1n) is 9.17. The van der Waals surface area contributed by atoms with Gasteiger partial charge < -0.3 is 14.4 Å². The molecule has 1 aromatic carbocycles. The number of likely N-dealkylation sites (N-methyl/N-ethyl adjacent to an activating group) is 1. The third-order valence-corrected chi connectivity index (χ3v) is 5.26. The molecule has 0 spiro atoms. The highest BCUT2D eigenvalue weighted by molar-refractivity contribution is 5.93. The minimum atomic E-state index is -4.57. The van der Waals surface area contributed by atoms with E-state index < -0.39 is 23.4 Å². The zero-order valence-corrected chi connectivity index (χ0v) is 16.9. The molecule has 1 saturated heterocycles. The van der Waals surface area contributed by atoms with Gasteiger partial charge in [-0.15, -0.1) is 0 Å². The van der Waals surface area contributed by atoms with Crippen molar-refractivity contribution in [2.45, 2.75) is 45.4 Å². The molecule has 2 aliphatic heterocycles. The fourth-order valence-corrected chi connectivity index (χ4v) is 4.04. The van der Waals surface area contributed by atoms with Crippen LogP contribution in [0.4, 0.5) is 18.0 Å². The number of hydrogen-bond donors (Lipinski definition) is 0. The fraction of sp³-hybridized carbons (Fsp3) is 0.500. The number of amides is 2. The van der Waals surface area contributed by atoms with E-state index in [2.05, 4.69) is 0 Å². The number of alkyl halides is 3. The molecule has 0 unspecified atom stereocenters. The maximum absolute atomic E-state index is 13.6. The highest BCUT2D eigenvalue weighted by atomic mass is 19.4. The van der Waals surface area contributed by atoms with E-state index in [4.69, 9.17) is 9.47 Å². The molecule has 158 valence electrons. The number of carbonyl (C=O) groups is 2. The number of fused-ring (bicyclic) bond motifs is 1. The first-order valence-corrected chi connectivity index (χ1v) is 9.17. The molecule has 0 saturated carbocycles. The summed E-state index contributed by atoms with van der Waals surface area (Å²) >= 11 is 0. The van der Waals surface area contributed by atoms with Gasteiger partial charge in [0.25, 0.3) is 0 Å². The summed E-state index contributed by atoms with van der Waals surface area (Å²) in [6.07, 6.45) is -4.42. The lowest BCUT2D eigenvalue weighted by Crippen LogP contribution is -2.47. The molecule has 0 N–H and O–H groups in total. The monoisotopic (exact) mass is 412 g/mol. The number of nitrogens with zero attached hydrogens (tertiary/aromatic N) is 2. The van der Waals surface area contributed by atoms with Crippen molar-refractivity contribution in [1.29, 1.82) is 0 Å². The second kappa shape index (κ2) is 6.96. The van der Waals surface area contributed by atoms with Gasteiger partial charge in [0.05, 0.1) is 24.1 Å². The summed E-state index contributed by atoms with van der Waals surface area (Å²) in [6, 6.07) is 2.24. The Bertz CT molecular complexity index is 906. The SMILES string of the molecule is COC(=O)N(C)C1=C(N2CCCC2=O)c2c(ccc(C(F)(F)F)c2C)OC1(C)C. The van der Waals surface area contributed by atoms with Crippen molar-refractivity contribution in [3.05, 3.63) is 34.5 Å². The average Bonchev–Trinajstić information content (AvgIpc) is 3.03. The Morgan fingerprint density at radius 2 is 1.97 bits per heavy atom. The molecule has 2 amide bonds. The minimum Gasteiger partial charge on any atom is -0.481 e. The predicted molar refractivity (Wildman–Crippen MR) is 98.9 cm³/mol. The Hall–Kier alpha value is -2.71. The summed E-state index contributed by atoms with van der Waals surface area (Å²) in [6.45, 7) is 5.08. The van der Waals surface area contributed by atoms with E-state index in [-0.39, 0.29) is 40.6 Å². The number of ether oxygens (including phenoxy) is 2. The third kappa shape index (κ3) is 3.42. The molecule has 0 aliphatic carbocycles. The van der Waals surface area contributed by atoms with Gasteiger partial charge in [0.1, 0.15) is 11.4 Å². The molecule has 2 aliphatic rings. The molecule has 0 bridgehead atoms. The lowest BCUT2D eigenvalue weighted by molar-refractivity contribution is -0.138. The molecule has 1 fully saturated rings. The van der Waals surface area contributed by atoms with Gasteiger partial charge in [0, 0.05) is 25.6 Å². The fourth-order valence-electron chi connectivity index (χ4n) is 4.04. The summed E-state index contributed by atoms with van der Waals surface area (Å²) < 4.78 is 51.5. The number of methoxy groups -OCH3 is 1. The highest BCUT2D eigenvalue weighted by Crippen LogP contribution is 2.48. The molecular weight excluding hydrogens is 389 g/mol. The quantitative estimate of drug-likeness (QED) is 0.732. The van der Waals surface area contributed by atoms with Gasteiger partial charge >= 0.3 is 12.3 Å². The van der Waals surface area contributed by atoms with Crippen LogP contribution in [0, 0.1) is 6.92 Å². The maximum atomic E-state index is 13.6. The Morgan fingerprint density at radius 3 is 2.48 bits per heavy atom. The predicted octanol–water partition coefficient (Wildman–Crippen LogP) is 4.17. The molecule has 1 aromatic rings. The van der Waals surface area contributed by atoms with Crippen LogP contribution in [0.3, 0.4) is 0 Å². The first-order chi connectivity index (χ1) is 13.4. The van der Waals surface area contributed by atoms with Gasteiger partial charge in [-0.25, -0.2) is 4.79 Å². The van der Waals surface area contributed by atoms with Crippen LogP contribution in [-0.4, -0.2) is 48.1 Å². The molecule has 0 atom stereocenters. The third-order valence-electron chi connectivity index (χ3n) is 5.26.